The third kappa shape index (κ3) is 6.73. The Bertz CT molecular complexity index is 530. The van der Waals surface area contributed by atoms with Crippen LogP contribution in [0.2, 0.25) is 0 Å². The zero-order chi connectivity index (χ0) is 15.7. The summed E-state index contributed by atoms with van der Waals surface area (Å²) in [5.74, 6) is -0.432. The Balaban J connectivity index is 2.87. The topological polar surface area (TPSA) is 64.3 Å². The molecule has 0 aliphatic heterocycles. The van der Waals surface area contributed by atoms with Gasteiger partial charge in [-0.2, -0.15) is 5.26 Å². The number of benzene rings is 1. The van der Waals surface area contributed by atoms with Crippen LogP contribution in [0.3, 0.4) is 0 Å². The summed E-state index contributed by atoms with van der Waals surface area (Å²) in [5.41, 5.74) is 1.99. The summed E-state index contributed by atoms with van der Waals surface area (Å²) in [5, 5.41) is 17.5. The van der Waals surface area contributed by atoms with Crippen LogP contribution >= 0.6 is 0 Å². The van der Waals surface area contributed by atoms with Crippen LogP contribution in [0.1, 0.15) is 31.4 Å². The molecule has 21 heavy (non-hydrogen) atoms. The lowest BCUT2D eigenvalue weighted by atomic mass is 10.1. The molecule has 112 valence electrons. The normalized spacial score (nSPS) is 11.2. The average molecular weight is 286 g/mol. The fourth-order valence-corrected chi connectivity index (χ4v) is 2.20. The number of carboxylic acids is 1. The first-order valence-corrected chi connectivity index (χ1v) is 7.11. The second-order valence-electron chi connectivity index (χ2n) is 5.41. The molecule has 0 saturated carbocycles. The van der Waals surface area contributed by atoms with Crippen LogP contribution < -0.4 is 0 Å². The van der Waals surface area contributed by atoms with E-state index >= 15 is 0 Å². The minimum Gasteiger partial charge on any atom is -0.478 e. The van der Waals surface area contributed by atoms with E-state index in [9.17, 15) is 4.79 Å². The maximum Gasteiger partial charge on any atom is 0.328 e. The molecule has 0 atom stereocenters. The van der Waals surface area contributed by atoms with E-state index in [0.717, 1.165) is 36.8 Å². The molecule has 0 unspecified atom stereocenters. The number of aliphatic carboxylic acids is 1. The fourth-order valence-electron chi connectivity index (χ4n) is 2.20. The molecule has 1 rings (SSSR count). The monoisotopic (exact) mass is 286 g/mol. The van der Waals surface area contributed by atoms with Crippen LogP contribution in [-0.2, 0) is 11.3 Å². The van der Waals surface area contributed by atoms with Gasteiger partial charge in [-0.1, -0.05) is 38.1 Å². The number of hydrogen-bond acceptors (Lipinski definition) is 3. The Hall–Kier alpha value is -2.12. The first kappa shape index (κ1) is 16.9. The van der Waals surface area contributed by atoms with E-state index in [1.165, 1.54) is 0 Å². The average Bonchev–Trinajstić information content (AvgIpc) is 2.43. The number of nitrogens with zero attached hydrogens (tertiary/aromatic N) is 2. The molecule has 0 radical (unpaired) electrons. The smallest absolute Gasteiger partial charge is 0.328 e. The highest BCUT2D eigenvalue weighted by Crippen LogP contribution is 2.15. The van der Waals surface area contributed by atoms with Gasteiger partial charge >= 0.3 is 5.97 Å². The van der Waals surface area contributed by atoms with E-state index in [1.54, 1.807) is 6.08 Å². The Morgan fingerprint density at radius 3 is 2.76 bits per heavy atom. The predicted octanol–water partition coefficient (Wildman–Crippen LogP) is 3.16. The van der Waals surface area contributed by atoms with Gasteiger partial charge in [0.2, 0.25) is 0 Å². The van der Waals surface area contributed by atoms with Crippen molar-refractivity contribution in [2.24, 2.45) is 5.92 Å². The molecule has 0 fully saturated rings. The molecular weight excluding hydrogens is 264 g/mol. The summed E-state index contributed by atoms with van der Waals surface area (Å²) in [6.45, 7) is 6.66. The summed E-state index contributed by atoms with van der Waals surface area (Å²) in [7, 11) is 0. The summed E-state index contributed by atoms with van der Waals surface area (Å²) in [6, 6.07) is 9.93. The molecule has 1 N–H and O–H groups in total. The van der Waals surface area contributed by atoms with E-state index in [-0.39, 0.29) is 0 Å². The minimum absolute atomic E-state index is 0.500. The summed E-state index contributed by atoms with van der Waals surface area (Å²) < 4.78 is 0. The lowest BCUT2D eigenvalue weighted by Crippen LogP contribution is -2.28. The first-order valence-electron chi connectivity index (χ1n) is 7.11. The number of carbonyl (C=O) groups is 1. The largest absolute Gasteiger partial charge is 0.478 e. The van der Waals surface area contributed by atoms with Crippen molar-refractivity contribution in [1.29, 1.82) is 5.26 Å². The molecule has 0 aromatic heterocycles. The van der Waals surface area contributed by atoms with E-state index in [1.807, 2.05) is 24.3 Å². The van der Waals surface area contributed by atoms with Crippen molar-refractivity contribution in [2.45, 2.75) is 26.8 Å². The second-order valence-corrected chi connectivity index (χ2v) is 5.41. The van der Waals surface area contributed by atoms with Gasteiger partial charge in [-0.05, 0) is 23.1 Å². The molecular formula is C17H22N2O2. The van der Waals surface area contributed by atoms with Crippen LogP contribution in [0.5, 0.6) is 0 Å². The van der Waals surface area contributed by atoms with Crippen LogP contribution in [0.4, 0.5) is 0 Å². The SMILES string of the molecule is CC(C)CN(CCC#N)Cc1ccccc1C=CC(=O)O. The Labute approximate surface area is 126 Å². The molecule has 4 nitrogen and oxygen atoms in total. The van der Waals surface area contributed by atoms with Gasteiger partial charge in [0.25, 0.3) is 0 Å². The zero-order valence-corrected chi connectivity index (χ0v) is 12.6. The summed E-state index contributed by atoms with van der Waals surface area (Å²) in [6.07, 6.45) is 3.27. The number of rotatable bonds is 8. The van der Waals surface area contributed by atoms with Crippen LogP contribution in [0.25, 0.3) is 6.08 Å². The number of nitriles is 1. The third-order valence-electron chi connectivity index (χ3n) is 3.02. The number of hydrogen-bond donors (Lipinski definition) is 1. The van der Waals surface area contributed by atoms with E-state index in [2.05, 4.69) is 24.8 Å². The molecule has 4 heteroatoms. The molecule has 0 aliphatic carbocycles. The van der Waals surface area contributed by atoms with Crippen molar-refractivity contribution in [3.8, 4) is 6.07 Å². The van der Waals surface area contributed by atoms with Crippen molar-refractivity contribution in [3.63, 3.8) is 0 Å². The lowest BCUT2D eigenvalue weighted by Gasteiger charge is -2.24. The van der Waals surface area contributed by atoms with E-state index in [4.69, 9.17) is 10.4 Å². The molecule has 1 aromatic rings. The van der Waals surface area contributed by atoms with Gasteiger partial charge in [0.15, 0.2) is 0 Å². The van der Waals surface area contributed by atoms with Crippen molar-refractivity contribution < 1.29 is 9.90 Å². The molecule has 0 amide bonds. The Morgan fingerprint density at radius 1 is 1.43 bits per heavy atom. The first-order chi connectivity index (χ1) is 10.0. The van der Waals surface area contributed by atoms with Crippen molar-refractivity contribution in [3.05, 3.63) is 41.5 Å². The Kier molecular flexibility index (Phi) is 7.20. The van der Waals surface area contributed by atoms with Crippen LogP contribution in [0, 0.1) is 17.2 Å². The van der Waals surface area contributed by atoms with Gasteiger partial charge in [-0.15, -0.1) is 0 Å². The molecule has 0 saturated heterocycles. The van der Waals surface area contributed by atoms with E-state index in [0.29, 0.717) is 12.3 Å². The highest BCUT2D eigenvalue weighted by Gasteiger charge is 2.10. The van der Waals surface area contributed by atoms with Crippen molar-refractivity contribution >= 4 is 12.0 Å². The quantitative estimate of drug-likeness (QED) is 0.746. The highest BCUT2D eigenvalue weighted by molar-refractivity contribution is 5.85. The predicted molar refractivity (Wildman–Crippen MR) is 83.5 cm³/mol. The van der Waals surface area contributed by atoms with Crippen molar-refractivity contribution in [1.82, 2.24) is 4.90 Å². The number of carboxylic acid groups (broad SMARTS) is 1. The van der Waals surface area contributed by atoms with Crippen LogP contribution in [-0.4, -0.2) is 29.1 Å². The van der Waals surface area contributed by atoms with Crippen LogP contribution in [0.15, 0.2) is 30.3 Å². The summed E-state index contributed by atoms with van der Waals surface area (Å²) in [4.78, 5) is 12.9. The third-order valence-corrected chi connectivity index (χ3v) is 3.02. The zero-order valence-electron chi connectivity index (χ0n) is 12.6. The molecule has 0 heterocycles. The van der Waals surface area contributed by atoms with Gasteiger partial charge in [0.1, 0.15) is 0 Å². The second kappa shape index (κ2) is 8.93. The summed E-state index contributed by atoms with van der Waals surface area (Å²) >= 11 is 0. The highest BCUT2D eigenvalue weighted by atomic mass is 16.4. The maximum atomic E-state index is 10.7. The fraction of sp³-hybridized carbons (Fsp3) is 0.412. The standard InChI is InChI=1S/C17H22N2O2/c1-14(2)12-19(11-5-10-18)13-16-7-4-3-6-15(16)8-9-17(20)21/h3-4,6-9,14H,5,11-13H2,1-2H3,(H,20,21). The van der Waals surface area contributed by atoms with Gasteiger partial charge < -0.3 is 5.11 Å². The van der Waals surface area contributed by atoms with Gasteiger partial charge in [0.05, 0.1) is 6.07 Å². The molecule has 1 aromatic carbocycles. The van der Waals surface area contributed by atoms with Gasteiger partial charge in [0, 0.05) is 32.1 Å². The van der Waals surface area contributed by atoms with E-state index < -0.39 is 5.97 Å². The Morgan fingerprint density at radius 2 is 2.14 bits per heavy atom. The molecule has 0 aliphatic rings. The minimum atomic E-state index is -0.951. The molecule has 0 bridgehead atoms. The molecule has 0 spiro atoms. The van der Waals surface area contributed by atoms with Gasteiger partial charge in [-0.3, -0.25) is 4.90 Å². The van der Waals surface area contributed by atoms with Crippen molar-refractivity contribution in [2.75, 3.05) is 13.1 Å². The lowest BCUT2D eigenvalue weighted by molar-refractivity contribution is -0.131. The maximum absolute atomic E-state index is 10.7. The van der Waals surface area contributed by atoms with Gasteiger partial charge in [-0.25, -0.2) is 4.79 Å².